The molecule has 3 aromatic carbocycles. The fourth-order valence-electron chi connectivity index (χ4n) is 6.04. The van der Waals surface area contributed by atoms with Gasteiger partial charge in [0, 0.05) is 30.3 Å². The number of likely N-dealkylation sites (tertiary alicyclic amines) is 1. The van der Waals surface area contributed by atoms with Crippen LogP contribution in [0.15, 0.2) is 78.0 Å². The van der Waals surface area contributed by atoms with E-state index in [-0.39, 0.29) is 50.0 Å². The third-order valence-corrected chi connectivity index (χ3v) is 9.82. The number of benzene rings is 3. The molecule has 2 aliphatic heterocycles. The number of aliphatic hydroxyl groups excluding tert-OH is 1. The summed E-state index contributed by atoms with van der Waals surface area (Å²) in [4.78, 5) is 25.1. The summed E-state index contributed by atoms with van der Waals surface area (Å²) in [5.74, 6) is -2.14. The van der Waals surface area contributed by atoms with Crippen LogP contribution in [0.4, 0.5) is 13.2 Å². The van der Waals surface area contributed by atoms with E-state index < -0.39 is 30.3 Å². The molecule has 2 amide bonds. The molecule has 6 rings (SSSR count). The number of alkyl halides is 3. The van der Waals surface area contributed by atoms with Crippen LogP contribution in [0.1, 0.15) is 54.4 Å². The van der Waals surface area contributed by atoms with Gasteiger partial charge >= 0.3 is 12.1 Å². The number of aromatic hydroxyl groups is 1. The number of halogens is 3. The number of hydrogen-bond acceptors (Lipinski definition) is 10. The van der Waals surface area contributed by atoms with Crippen molar-refractivity contribution in [3.8, 4) is 11.4 Å². The molecule has 12 nitrogen and oxygen atoms in total. The van der Waals surface area contributed by atoms with Crippen molar-refractivity contribution >= 4 is 23.6 Å². The number of nitrogens with one attached hydrogen (secondary N) is 1. The maximum Gasteiger partial charge on any atom is 0.471 e. The summed E-state index contributed by atoms with van der Waals surface area (Å²) in [6.45, 7) is 1.89. The highest BCUT2D eigenvalue weighted by Gasteiger charge is 2.47. The summed E-state index contributed by atoms with van der Waals surface area (Å²) in [6, 6.07) is 20.0. The van der Waals surface area contributed by atoms with Crippen LogP contribution in [-0.4, -0.2) is 77.8 Å². The van der Waals surface area contributed by atoms with Crippen LogP contribution in [0, 0.1) is 5.92 Å². The largest absolute Gasteiger partial charge is 0.508 e. The lowest BCUT2D eigenvalue weighted by molar-refractivity contribution is -0.268. The molecule has 2 aliphatic rings. The Morgan fingerprint density at radius 2 is 1.66 bits per heavy atom. The summed E-state index contributed by atoms with van der Waals surface area (Å²) in [6.07, 6.45) is -6.01. The van der Waals surface area contributed by atoms with E-state index >= 15 is 0 Å². The van der Waals surface area contributed by atoms with Gasteiger partial charge in [0.05, 0.1) is 24.5 Å². The van der Waals surface area contributed by atoms with Crippen LogP contribution in [0.2, 0.25) is 0 Å². The predicted octanol–water partition coefficient (Wildman–Crippen LogP) is 4.61. The number of amides is 2. The first-order valence-electron chi connectivity index (χ1n) is 16.0. The molecule has 0 spiro atoms. The van der Waals surface area contributed by atoms with Crippen molar-refractivity contribution in [1.82, 2.24) is 30.4 Å². The number of tetrazole rings is 1. The molecule has 2 saturated heterocycles. The minimum Gasteiger partial charge on any atom is -0.508 e. The third kappa shape index (κ3) is 7.93. The Kier molecular flexibility index (Phi) is 10.7. The van der Waals surface area contributed by atoms with Gasteiger partial charge in [0.1, 0.15) is 11.8 Å². The number of rotatable bonds is 10. The number of carbonyl (C=O) groups is 2. The molecular weight excluding hydrogens is 677 g/mol. The lowest BCUT2D eigenvalue weighted by Crippen LogP contribution is -2.50. The van der Waals surface area contributed by atoms with Gasteiger partial charge in [-0.2, -0.15) is 17.9 Å². The summed E-state index contributed by atoms with van der Waals surface area (Å²) in [5, 5.41) is 34.5. The van der Waals surface area contributed by atoms with Gasteiger partial charge < -0.3 is 29.9 Å². The highest BCUT2D eigenvalue weighted by atomic mass is 32.2. The number of carbonyl (C=O) groups excluding carboxylic acids is 2. The second-order valence-corrected chi connectivity index (χ2v) is 13.1. The van der Waals surface area contributed by atoms with E-state index in [0.717, 1.165) is 11.1 Å². The highest BCUT2D eigenvalue weighted by molar-refractivity contribution is 7.99. The molecule has 3 N–H and O–H groups in total. The molecule has 0 radical (unpaired) electrons. The van der Waals surface area contributed by atoms with Crippen molar-refractivity contribution in [1.29, 1.82) is 0 Å². The molecule has 0 saturated carbocycles. The van der Waals surface area contributed by atoms with E-state index in [1.807, 2.05) is 31.2 Å². The zero-order chi connectivity index (χ0) is 35.4. The van der Waals surface area contributed by atoms with Gasteiger partial charge in [0.25, 0.3) is 0 Å². The molecule has 0 bridgehead atoms. The number of phenolic OH excluding ortho intramolecular Hbond substituents is 1. The molecule has 1 aromatic heterocycles. The zero-order valence-corrected chi connectivity index (χ0v) is 27.7. The third-order valence-electron chi connectivity index (χ3n) is 8.81. The van der Waals surface area contributed by atoms with Crippen LogP contribution < -0.4 is 5.32 Å². The second-order valence-electron chi connectivity index (χ2n) is 12.1. The first-order valence-corrected chi connectivity index (χ1v) is 17.0. The number of aromatic nitrogens is 4. The van der Waals surface area contributed by atoms with Crippen molar-refractivity contribution in [2.24, 2.45) is 5.92 Å². The topological polar surface area (TPSA) is 152 Å². The zero-order valence-electron chi connectivity index (χ0n) is 26.9. The van der Waals surface area contributed by atoms with E-state index in [9.17, 15) is 33.0 Å². The van der Waals surface area contributed by atoms with Crippen molar-refractivity contribution in [3.63, 3.8) is 0 Å². The SMILES string of the molecule is CC1C(CSc2nnnn2-c2ccc(O)cc2)OC(c2ccc(CNC(=O)C3CCCN3C(=O)C(F)(F)F)cc2)OC1c1ccc(CO)cc1. The van der Waals surface area contributed by atoms with Gasteiger partial charge in [-0.1, -0.05) is 67.2 Å². The highest BCUT2D eigenvalue weighted by Crippen LogP contribution is 2.43. The Morgan fingerprint density at radius 3 is 2.34 bits per heavy atom. The van der Waals surface area contributed by atoms with Crippen LogP contribution in [0.3, 0.4) is 0 Å². The van der Waals surface area contributed by atoms with E-state index in [2.05, 4.69) is 20.8 Å². The average molecular weight is 713 g/mol. The molecule has 5 atom stereocenters. The van der Waals surface area contributed by atoms with E-state index in [0.29, 0.717) is 39.0 Å². The Hall–Kier alpha value is -4.51. The normalized spacial score (nSPS) is 22.4. The average Bonchev–Trinajstić information content (AvgIpc) is 3.81. The lowest BCUT2D eigenvalue weighted by Gasteiger charge is -2.41. The Balaban J connectivity index is 1.15. The van der Waals surface area contributed by atoms with Crippen LogP contribution in [0.5, 0.6) is 5.75 Å². The number of hydrogen-bond donors (Lipinski definition) is 3. The quantitative estimate of drug-likeness (QED) is 0.199. The molecule has 2 fully saturated rings. The van der Waals surface area contributed by atoms with E-state index in [4.69, 9.17) is 9.47 Å². The number of nitrogens with zero attached hydrogens (tertiary/aromatic N) is 5. The maximum atomic E-state index is 13.0. The van der Waals surface area contributed by atoms with Crippen LogP contribution >= 0.6 is 11.8 Å². The molecule has 5 unspecified atom stereocenters. The van der Waals surface area contributed by atoms with Gasteiger partial charge in [0.15, 0.2) is 6.29 Å². The van der Waals surface area contributed by atoms with Crippen molar-refractivity contribution in [3.05, 3.63) is 95.1 Å². The summed E-state index contributed by atoms with van der Waals surface area (Å²) in [7, 11) is 0. The van der Waals surface area contributed by atoms with Gasteiger partial charge in [-0.3, -0.25) is 9.59 Å². The molecule has 4 aromatic rings. The van der Waals surface area contributed by atoms with Crippen LogP contribution in [0.25, 0.3) is 5.69 Å². The molecule has 16 heteroatoms. The minimum atomic E-state index is -5.04. The number of ether oxygens (including phenoxy) is 2. The first-order chi connectivity index (χ1) is 24.0. The lowest BCUT2D eigenvalue weighted by atomic mass is 9.91. The number of aliphatic hydroxyl groups is 1. The van der Waals surface area contributed by atoms with Gasteiger partial charge in [-0.15, -0.1) is 5.10 Å². The number of phenols is 1. The minimum absolute atomic E-state index is 0.0575. The van der Waals surface area contributed by atoms with Crippen LogP contribution in [-0.2, 0) is 32.2 Å². The van der Waals surface area contributed by atoms with Crippen molar-refractivity contribution in [2.45, 2.75) is 68.8 Å². The first kappa shape index (κ1) is 35.3. The Morgan fingerprint density at radius 1 is 0.980 bits per heavy atom. The van der Waals surface area contributed by atoms with Crippen molar-refractivity contribution < 1.29 is 42.4 Å². The summed E-state index contributed by atoms with van der Waals surface area (Å²) >= 11 is 1.41. The van der Waals surface area contributed by atoms with Gasteiger partial charge in [0.2, 0.25) is 11.1 Å². The monoisotopic (exact) mass is 712 g/mol. The van der Waals surface area contributed by atoms with Crippen molar-refractivity contribution in [2.75, 3.05) is 12.3 Å². The second kappa shape index (κ2) is 15.2. The summed E-state index contributed by atoms with van der Waals surface area (Å²) in [5.41, 5.74) is 3.78. The number of thioether (sulfide) groups is 1. The smallest absolute Gasteiger partial charge is 0.471 e. The van der Waals surface area contributed by atoms with E-state index in [1.165, 1.54) is 11.8 Å². The summed E-state index contributed by atoms with van der Waals surface area (Å²) < 4.78 is 53.6. The molecule has 264 valence electrons. The maximum absolute atomic E-state index is 13.0. The van der Waals surface area contributed by atoms with Gasteiger partial charge in [-0.25, -0.2) is 0 Å². The predicted molar refractivity (Wildman–Crippen MR) is 174 cm³/mol. The molecule has 3 heterocycles. The molecule has 50 heavy (non-hydrogen) atoms. The van der Waals surface area contributed by atoms with E-state index in [1.54, 1.807) is 53.2 Å². The Bertz CT molecular complexity index is 1770. The standard InChI is InChI=1S/C34H35F3N6O6S/c1-20-28(19-50-33-39-40-41-43(33)25-12-14-26(45)15-13-25)48-31(49-29(20)23-8-6-22(18-44)7-9-23)24-10-4-21(5-11-24)17-38-30(46)27-3-2-16-42(27)32(47)34(35,36)37/h4-15,20,27-29,31,44-45H,2-3,16-19H2,1H3,(H,38,46). The molecule has 0 aliphatic carbocycles. The molecular formula is C34H35F3N6O6S. The van der Waals surface area contributed by atoms with Gasteiger partial charge in [-0.05, 0) is 64.2 Å². The fraction of sp³-hybridized carbons (Fsp3) is 0.382. The Labute approximate surface area is 289 Å². The fourth-order valence-corrected chi connectivity index (χ4v) is 7.09.